The minimum absolute atomic E-state index is 0.484. The van der Waals surface area contributed by atoms with Gasteiger partial charge < -0.3 is 5.73 Å². The highest BCUT2D eigenvalue weighted by Gasteiger charge is 2.09. The van der Waals surface area contributed by atoms with Crippen molar-refractivity contribution in [2.75, 3.05) is 5.73 Å². The minimum Gasteiger partial charge on any atom is -0.383 e. The van der Waals surface area contributed by atoms with E-state index in [1.165, 1.54) is 6.33 Å². The number of hydrogen-bond donors (Lipinski definition) is 1. The van der Waals surface area contributed by atoms with Crippen molar-refractivity contribution in [3.63, 3.8) is 0 Å². The molecule has 0 bridgehead atoms. The Balaban J connectivity index is 2.99. The van der Waals surface area contributed by atoms with Gasteiger partial charge in [0, 0.05) is 7.05 Å². The second-order valence-corrected chi connectivity index (χ2v) is 3.39. The van der Waals surface area contributed by atoms with Crippen LogP contribution in [0.4, 0.5) is 5.82 Å². The second kappa shape index (κ2) is 2.54. The van der Waals surface area contributed by atoms with Crippen molar-refractivity contribution < 1.29 is 0 Å². The maximum Gasteiger partial charge on any atom is 0.164 e. The number of nitrogens with zero attached hydrogens (tertiary/aromatic N) is 4. The Morgan fingerprint density at radius 1 is 1.50 bits per heavy atom. The molecule has 12 heavy (non-hydrogen) atoms. The number of anilines is 1. The van der Waals surface area contributed by atoms with Crippen LogP contribution in [0, 0.1) is 3.70 Å². The fourth-order valence-electron chi connectivity index (χ4n) is 1.06. The van der Waals surface area contributed by atoms with Gasteiger partial charge in [-0.2, -0.15) is 5.10 Å². The summed E-state index contributed by atoms with van der Waals surface area (Å²) in [5.74, 6) is 0.484. The molecule has 0 saturated heterocycles. The monoisotopic (exact) mass is 275 g/mol. The lowest BCUT2D eigenvalue weighted by molar-refractivity contribution is 0.777. The molecule has 0 amide bonds. The summed E-state index contributed by atoms with van der Waals surface area (Å²) in [6.07, 6.45) is 1.44. The lowest BCUT2D eigenvalue weighted by Gasteiger charge is -1.93. The Labute approximate surface area is 82.1 Å². The molecule has 2 N–H and O–H groups in total. The lowest BCUT2D eigenvalue weighted by Crippen LogP contribution is -1.95. The minimum atomic E-state index is 0.484. The van der Waals surface area contributed by atoms with Crippen LogP contribution in [0.1, 0.15) is 0 Å². The summed E-state index contributed by atoms with van der Waals surface area (Å²) in [6.45, 7) is 0. The van der Waals surface area contributed by atoms with Crippen LogP contribution in [0.5, 0.6) is 0 Å². The van der Waals surface area contributed by atoms with Crippen molar-refractivity contribution in [3.05, 3.63) is 10.0 Å². The maximum absolute atomic E-state index is 5.66. The Kier molecular flexibility index (Phi) is 1.63. The lowest BCUT2D eigenvalue weighted by atomic mass is 10.4. The molecule has 0 radical (unpaired) electrons. The van der Waals surface area contributed by atoms with E-state index in [0.29, 0.717) is 5.82 Å². The molecule has 2 aromatic rings. The summed E-state index contributed by atoms with van der Waals surface area (Å²) in [6, 6.07) is 0. The Morgan fingerprint density at radius 2 is 2.25 bits per heavy atom. The summed E-state index contributed by atoms with van der Waals surface area (Å²) >= 11 is 2.11. The van der Waals surface area contributed by atoms with Crippen LogP contribution in [0.25, 0.3) is 11.0 Å². The first-order valence-corrected chi connectivity index (χ1v) is 4.36. The molecular weight excluding hydrogens is 269 g/mol. The Bertz CT molecular complexity index is 435. The zero-order valence-electron chi connectivity index (χ0n) is 6.32. The third kappa shape index (κ3) is 0.942. The number of fused-ring (bicyclic) bond motifs is 1. The number of nitrogens with two attached hydrogens (primary N) is 1. The van der Waals surface area contributed by atoms with Gasteiger partial charge in [-0.05, 0) is 22.6 Å². The van der Waals surface area contributed by atoms with E-state index in [1.807, 2.05) is 7.05 Å². The molecule has 0 aromatic carbocycles. The Hall–Kier alpha value is -0.920. The van der Waals surface area contributed by atoms with Crippen LogP contribution >= 0.6 is 22.6 Å². The molecule has 62 valence electrons. The molecular formula is C6H6IN5. The average Bonchev–Trinajstić information content (AvgIpc) is 2.29. The smallest absolute Gasteiger partial charge is 0.164 e. The van der Waals surface area contributed by atoms with Gasteiger partial charge in [-0.25, -0.2) is 14.6 Å². The summed E-state index contributed by atoms with van der Waals surface area (Å²) in [5, 5.41) is 5.01. The molecule has 0 saturated carbocycles. The van der Waals surface area contributed by atoms with Gasteiger partial charge in [0.2, 0.25) is 0 Å². The number of aryl methyl sites for hydroxylation is 1. The fraction of sp³-hybridized carbons (Fsp3) is 0.167. The molecule has 0 unspecified atom stereocenters. The molecule has 2 aromatic heterocycles. The number of hydrogen-bond acceptors (Lipinski definition) is 4. The SMILES string of the molecule is Cn1nc(I)c2c(N)ncnc21. The largest absolute Gasteiger partial charge is 0.383 e. The summed E-state index contributed by atoms with van der Waals surface area (Å²) < 4.78 is 2.53. The van der Waals surface area contributed by atoms with Crippen molar-refractivity contribution >= 4 is 39.4 Å². The standard InChI is InChI=1S/C6H6IN5/c1-12-6-3(4(7)11-12)5(8)9-2-10-6/h2H,1H3,(H2,8,9,10). The van der Waals surface area contributed by atoms with E-state index in [9.17, 15) is 0 Å². The van der Waals surface area contributed by atoms with Crippen LogP contribution in [-0.4, -0.2) is 19.7 Å². The van der Waals surface area contributed by atoms with Gasteiger partial charge in [0.15, 0.2) is 5.65 Å². The Morgan fingerprint density at radius 3 is 2.92 bits per heavy atom. The third-order valence-corrected chi connectivity index (χ3v) is 2.36. The zero-order chi connectivity index (χ0) is 8.72. The first kappa shape index (κ1) is 7.71. The molecule has 5 nitrogen and oxygen atoms in total. The number of nitrogen functional groups attached to an aromatic ring is 1. The van der Waals surface area contributed by atoms with E-state index in [1.54, 1.807) is 4.68 Å². The van der Waals surface area contributed by atoms with E-state index in [0.717, 1.165) is 14.7 Å². The van der Waals surface area contributed by atoms with E-state index in [-0.39, 0.29) is 0 Å². The van der Waals surface area contributed by atoms with Crippen molar-refractivity contribution in [1.29, 1.82) is 0 Å². The van der Waals surface area contributed by atoms with Gasteiger partial charge >= 0.3 is 0 Å². The third-order valence-electron chi connectivity index (χ3n) is 1.61. The molecule has 0 fully saturated rings. The first-order chi connectivity index (χ1) is 5.70. The van der Waals surface area contributed by atoms with E-state index in [2.05, 4.69) is 37.7 Å². The van der Waals surface area contributed by atoms with Gasteiger partial charge in [0.05, 0.1) is 5.39 Å². The van der Waals surface area contributed by atoms with E-state index < -0.39 is 0 Å². The van der Waals surface area contributed by atoms with Crippen LogP contribution in [-0.2, 0) is 7.05 Å². The molecule has 0 aliphatic carbocycles. The highest BCUT2D eigenvalue weighted by atomic mass is 127. The molecule has 0 aliphatic rings. The van der Waals surface area contributed by atoms with Crippen LogP contribution in [0.2, 0.25) is 0 Å². The van der Waals surface area contributed by atoms with Crippen LogP contribution in [0.15, 0.2) is 6.33 Å². The molecule has 0 aliphatic heterocycles. The average molecular weight is 275 g/mol. The van der Waals surface area contributed by atoms with Gasteiger partial charge in [0.1, 0.15) is 15.8 Å². The predicted octanol–water partition coefficient (Wildman–Crippen LogP) is 0.550. The highest BCUT2D eigenvalue weighted by Crippen LogP contribution is 2.21. The van der Waals surface area contributed by atoms with Gasteiger partial charge in [-0.15, -0.1) is 0 Å². The second-order valence-electron chi connectivity index (χ2n) is 2.37. The molecule has 6 heteroatoms. The highest BCUT2D eigenvalue weighted by molar-refractivity contribution is 14.1. The van der Waals surface area contributed by atoms with Crippen molar-refractivity contribution in [2.45, 2.75) is 0 Å². The fourth-order valence-corrected chi connectivity index (χ4v) is 1.90. The topological polar surface area (TPSA) is 69.6 Å². The first-order valence-electron chi connectivity index (χ1n) is 3.29. The van der Waals surface area contributed by atoms with E-state index in [4.69, 9.17) is 5.73 Å². The number of aromatic nitrogens is 4. The zero-order valence-corrected chi connectivity index (χ0v) is 8.48. The quantitative estimate of drug-likeness (QED) is 0.713. The van der Waals surface area contributed by atoms with E-state index >= 15 is 0 Å². The summed E-state index contributed by atoms with van der Waals surface area (Å²) in [7, 11) is 1.83. The maximum atomic E-state index is 5.66. The molecule has 2 rings (SSSR count). The van der Waals surface area contributed by atoms with Crippen molar-refractivity contribution in [1.82, 2.24) is 19.7 Å². The number of rotatable bonds is 0. The molecule has 2 heterocycles. The van der Waals surface area contributed by atoms with Gasteiger partial charge in [0.25, 0.3) is 0 Å². The molecule has 0 spiro atoms. The van der Waals surface area contributed by atoms with Crippen LogP contribution < -0.4 is 5.73 Å². The van der Waals surface area contributed by atoms with Crippen molar-refractivity contribution in [3.8, 4) is 0 Å². The molecule has 0 atom stereocenters. The van der Waals surface area contributed by atoms with Crippen molar-refractivity contribution in [2.24, 2.45) is 7.05 Å². The van der Waals surface area contributed by atoms with Gasteiger partial charge in [-0.3, -0.25) is 0 Å². The number of halogens is 1. The predicted molar refractivity (Wildman–Crippen MR) is 53.4 cm³/mol. The summed E-state index contributed by atoms with van der Waals surface area (Å²) in [4.78, 5) is 7.96. The normalized spacial score (nSPS) is 10.8. The van der Waals surface area contributed by atoms with Gasteiger partial charge in [-0.1, -0.05) is 0 Å². The summed E-state index contributed by atoms with van der Waals surface area (Å²) in [5.41, 5.74) is 6.43. The van der Waals surface area contributed by atoms with Crippen LogP contribution in [0.3, 0.4) is 0 Å².